The lowest BCUT2D eigenvalue weighted by Crippen LogP contribution is -2.37. The number of rotatable bonds is 7. The lowest BCUT2D eigenvalue weighted by atomic mass is 9.98. The van der Waals surface area contributed by atoms with Crippen molar-refractivity contribution in [3.63, 3.8) is 0 Å². The zero-order chi connectivity index (χ0) is 15.1. The molecule has 4 nitrogen and oxygen atoms in total. The maximum Gasteiger partial charge on any atom is 0.220 e. The average molecular weight is 328 g/mol. The average Bonchev–Trinajstić information content (AvgIpc) is 2.92. The van der Waals surface area contributed by atoms with Crippen LogP contribution in [0.1, 0.15) is 42.8 Å². The minimum atomic E-state index is 0.147. The monoisotopic (exact) mass is 327 g/mol. The van der Waals surface area contributed by atoms with Crippen molar-refractivity contribution in [1.29, 1.82) is 0 Å². The van der Waals surface area contributed by atoms with Gasteiger partial charge in [0, 0.05) is 23.6 Å². The molecular weight excluding hydrogens is 302 g/mol. The summed E-state index contributed by atoms with van der Waals surface area (Å²) < 4.78 is 0. The van der Waals surface area contributed by atoms with Crippen LogP contribution in [-0.2, 0) is 17.1 Å². The number of hydrogen-bond acceptors (Lipinski definition) is 5. The van der Waals surface area contributed by atoms with Crippen molar-refractivity contribution in [3.8, 4) is 0 Å². The van der Waals surface area contributed by atoms with Gasteiger partial charge < -0.3 is 10.2 Å². The second-order valence-electron chi connectivity index (χ2n) is 5.61. The molecule has 2 rings (SSSR count). The first-order valence-corrected chi connectivity index (χ1v) is 9.85. The van der Waals surface area contributed by atoms with Gasteiger partial charge in [0.25, 0.3) is 0 Å². The number of carbonyl (C=O) groups excluding carboxylic acids is 1. The molecule has 0 unspecified atom stereocenters. The van der Waals surface area contributed by atoms with Crippen LogP contribution < -0.4 is 5.32 Å². The number of nitrogens with one attached hydrogen (secondary N) is 1. The molecule has 1 fully saturated rings. The van der Waals surface area contributed by atoms with E-state index in [0.29, 0.717) is 19.0 Å². The highest BCUT2D eigenvalue weighted by molar-refractivity contribution is 7.97. The van der Waals surface area contributed by atoms with Crippen LogP contribution in [0.4, 0.5) is 0 Å². The summed E-state index contributed by atoms with van der Waals surface area (Å²) in [6.45, 7) is 1.73. The maximum atomic E-state index is 11.9. The molecule has 6 heteroatoms. The van der Waals surface area contributed by atoms with Gasteiger partial charge >= 0.3 is 0 Å². The zero-order valence-corrected chi connectivity index (χ0v) is 14.6. The number of carbonyl (C=O) groups is 1. The van der Waals surface area contributed by atoms with Gasteiger partial charge in [-0.1, -0.05) is 6.42 Å². The Morgan fingerprint density at radius 2 is 2.43 bits per heavy atom. The van der Waals surface area contributed by atoms with Crippen LogP contribution in [0.2, 0.25) is 0 Å². The molecule has 0 aromatic carbocycles. The molecular formula is C15H25N3OS2. The molecule has 118 valence electrons. The van der Waals surface area contributed by atoms with Gasteiger partial charge in [0.15, 0.2) is 0 Å². The minimum Gasteiger partial charge on any atom is -0.350 e. The highest BCUT2D eigenvalue weighted by Gasteiger charge is 2.19. The Morgan fingerprint density at radius 3 is 3.19 bits per heavy atom. The molecule has 1 aromatic heterocycles. The van der Waals surface area contributed by atoms with Crippen LogP contribution in [-0.4, -0.2) is 41.7 Å². The number of nitrogens with zero attached hydrogens (tertiary/aromatic N) is 2. The number of thioether (sulfide) groups is 1. The third kappa shape index (κ3) is 5.60. The summed E-state index contributed by atoms with van der Waals surface area (Å²) in [5, 5.41) is 6.17. The summed E-state index contributed by atoms with van der Waals surface area (Å²) in [7, 11) is 2.17. The van der Waals surface area contributed by atoms with Crippen LogP contribution in [0.15, 0.2) is 5.38 Å². The van der Waals surface area contributed by atoms with Gasteiger partial charge in [0.05, 0.1) is 12.2 Å². The van der Waals surface area contributed by atoms with Crippen LogP contribution in [0.3, 0.4) is 0 Å². The minimum absolute atomic E-state index is 0.147. The molecule has 2 heterocycles. The zero-order valence-electron chi connectivity index (χ0n) is 12.9. The molecule has 1 aliphatic rings. The van der Waals surface area contributed by atoms with Crippen molar-refractivity contribution in [2.45, 2.75) is 50.4 Å². The Labute approximate surface area is 135 Å². The summed E-state index contributed by atoms with van der Waals surface area (Å²) in [5.41, 5.74) is 0.979. The maximum absolute atomic E-state index is 11.9. The van der Waals surface area contributed by atoms with Crippen molar-refractivity contribution in [3.05, 3.63) is 16.1 Å². The van der Waals surface area contributed by atoms with Crippen LogP contribution in [0.25, 0.3) is 0 Å². The predicted molar refractivity (Wildman–Crippen MR) is 90.7 cm³/mol. The van der Waals surface area contributed by atoms with E-state index in [4.69, 9.17) is 0 Å². The van der Waals surface area contributed by atoms with Crippen molar-refractivity contribution in [2.24, 2.45) is 0 Å². The lowest BCUT2D eigenvalue weighted by molar-refractivity contribution is -0.121. The third-order valence-electron chi connectivity index (χ3n) is 3.96. The Balaban J connectivity index is 1.66. The molecule has 21 heavy (non-hydrogen) atoms. The fourth-order valence-corrected chi connectivity index (χ4v) is 4.22. The Bertz CT molecular complexity index is 450. The molecule has 1 saturated heterocycles. The Kier molecular flexibility index (Phi) is 6.99. The van der Waals surface area contributed by atoms with E-state index in [1.54, 1.807) is 23.1 Å². The van der Waals surface area contributed by atoms with E-state index in [-0.39, 0.29) is 5.91 Å². The predicted octanol–water partition coefficient (Wildman–Crippen LogP) is 2.89. The highest BCUT2D eigenvalue weighted by Crippen LogP contribution is 2.19. The second-order valence-corrected chi connectivity index (χ2v) is 7.42. The van der Waals surface area contributed by atoms with E-state index in [9.17, 15) is 4.79 Å². The summed E-state index contributed by atoms with van der Waals surface area (Å²) in [6, 6.07) is 0.581. The summed E-state index contributed by atoms with van der Waals surface area (Å²) >= 11 is 3.44. The van der Waals surface area contributed by atoms with Crippen LogP contribution >= 0.6 is 23.1 Å². The fourth-order valence-electron chi connectivity index (χ4n) is 2.70. The molecule has 0 spiro atoms. The molecule has 1 amide bonds. The quantitative estimate of drug-likeness (QED) is 0.836. The Hall–Kier alpha value is -0.590. The molecule has 1 atom stereocenters. The molecule has 1 aromatic rings. The summed E-state index contributed by atoms with van der Waals surface area (Å²) in [5.74, 6) is 1.10. The number of piperidine rings is 1. The van der Waals surface area contributed by atoms with E-state index < -0.39 is 0 Å². The van der Waals surface area contributed by atoms with Crippen molar-refractivity contribution >= 4 is 29.0 Å². The van der Waals surface area contributed by atoms with E-state index in [2.05, 4.69) is 28.5 Å². The fraction of sp³-hybridized carbons (Fsp3) is 0.733. The van der Waals surface area contributed by atoms with Gasteiger partial charge in [0.1, 0.15) is 5.01 Å². The first-order valence-electron chi connectivity index (χ1n) is 7.58. The number of aromatic nitrogens is 1. The van der Waals surface area contributed by atoms with Gasteiger partial charge in [-0.3, -0.25) is 4.79 Å². The van der Waals surface area contributed by atoms with E-state index >= 15 is 0 Å². The van der Waals surface area contributed by atoms with E-state index in [1.165, 1.54) is 25.8 Å². The third-order valence-corrected chi connectivity index (χ3v) is 5.60. The topological polar surface area (TPSA) is 45.2 Å². The van der Waals surface area contributed by atoms with Crippen LogP contribution in [0, 0.1) is 0 Å². The highest BCUT2D eigenvalue weighted by atomic mass is 32.2. The van der Waals surface area contributed by atoms with Crippen molar-refractivity contribution < 1.29 is 4.79 Å². The van der Waals surface area contributed by atoms with E-state index in [1.807, 2.05) is 5.38 Å². The smallest absolute Gasteiger partial charge is 0.220 e. The van der Waals surface area contributed by atoms with Crippen molar-refractivity contribution in [2.75, 3.05) is 19.8 Å². The SMILES string of the molecule is CSCc1nc(CNC(=O)CC[C@@H]2CCCCN2C)cs1. The van der Waals surface area contributed by atoms with Gasteiger partial charge in [-0.25, -0.2) is 4.98 Å². The van der Waals surface area contributed by atoms with E-state index in [0.717, 1.165) is 22.9 Å². The molecule has 0 bridgehead atoms. The number of likely N-dealkylation sites (tertiary alicyclic amines) is 1. The van der Waals surface area contributed by atoms with Gasteiger partial charge in [0.2, 0.25) is 5.91 Å². The lowest BCUT2D eigenvalue weighted by Gasteiger charge is -2.32. The Morgan fingerprint density at radius 1 is 1.57 bits per heavy atom. The summed E-state index contributed by atoms with van der Waals surface area (Å²) in [6.07, 6.45) is 7.49. The second kappa shape index (κ2) is 8.76. The number of hydrogen-bond donors (Lipinski definition) is 1. The van der Waals surface area contributed by atoms with Gasteiger partial charge in [-0.2, -0.15) is 11.8 Å². The standard InChI is InChI=1S/C15H25N3OS2/c1-18-8-4-3-5-13(18)6-7-14(19)16-9-12-10-21-15(17-12)11-20-2/h10,13H,3-9,11H2,1-2H3,(H,16,19)/t13-/m0/s1. The van der Waals surface area contributed by atoms with Crippen LogP contribution in [0.5, 0.6) is 0 Å². The largest absolute Gasteiger partial charge is 0.350 e. The van der Waals surface area contributed by atoms with Crippen molar-refractivity contribution in [1.82, 2.24) is 15.2 Å². The number of thiazole rings is 1. The number of amides is 1. The molecule has 1 N–H and O–H groups in total. The van der Waals surface area contributed by atoms with Gasteiger partial charge in [-0.15, -0.1) is 11.3 Å². The molecule has 1 aliphatic heterocycles. The molecule has 0 radical (unpaired) electrons. The van der Waals surface area contributed by atoms with Gasteiger partial charge in [-0.05, 0) is 39.1 Å². The first-order chi connectivity index (χ1) is 10.2. The molecule has 0 aliphatic carbocycles. The first kappa shape index (κ1) is 16.8. The normalized spacial score (nSPS) is 19.6. The summed E-state index contributed by atoms with van der Waals surface area (Å²) in [4.78, 5) is 18.8. The molecule has 0 saturated carbocycles.